The standard InChI is InChI=1S/C10H21NO/c1-9-4-5-10(8-9)11-6-3-7-12-2/h9-11H,3-8H2,1-2H3/p+1/t9-,10+/m0/s1. The van der Waals surface area contributed by atoms with Crippen molar-refractivity contribution in [2.24, 2.45) is 5.92 Å². The average molecular weight is 172 g/mol. The van der Waals surface area contributed by atoms with E-state index >= 15 is 0 Å². The lowest BCUT2D eigenvalue weighted by Crippen LogP contribution is -2.89. The van der Waals surface area contributed by atoms with E-state index < -0.39 is 0 Å². The van der Waals surface area contributed by atoms with Crippen LogP contribution in [0.25, 0.3) is 0 Å². The Morgan fingerprint density at radius 3 is 2.83 bits per heavy atom. The van der Waals surface area contributed by atoms with E-state index in [1.807, 2.05) is 0 Å². The van der Waals surface area contributed by atoms with Gasteiger partial charge in [-0.1, -0.05) is 6.92 Å². The van der Waals surface area contributed by atoms with E-state index in [1.165, 1.54) is 32.2 Å². The van der Waals surface area contributed by atoms with Crippen molar-refractivity contribution in [3.05, 3.63) is 0 Å². The monoisotopic (exact) mass is 172 g/mol. The Bertz CT molecular complexity index is 116. The summed E-state index contributed by atoms with van der Waals surface area (Å²) >= 11 is 0. The number of rotatable bonds is 5. The summed E-state index contributed by atoms with van der Waals surface area (Å²) in [6.45, 7) is 4.52. The van der Waals surface area contributed by atoms with Gasteiger partial charge in [-0.05, 0) is 18.8 Å². The third-order valence-corrected chi connectivity index (χ3v) is 2.79. The van der Waals surface area contributed by atoms with Crippen LogP contribution < -0.4 is 5.32 Å². The molecule has 1 rings (SSSR count). The first kappa shape index (κ1) is 10.0. The fraction of sp³-hybridized carbons (Fsp3) is 1.00. The summed E-state index contributed by atoms with van der Waals surface area (Å²) in [4.78, 5) is 0. The predicted molar refractivity (Wildman–Crippen MR) is 50.1 cm³/mol. The fourth-order valence-electron chi connectivity index (χ4n) is 2.05. The quantitative estimate of drug-likeness (QED) is 0.609. The molecule has 72 valence electrons. The normalized spacial score (nSPS) is 29.5. The Labute approximate surface area is 75.7 Å². The predicted octanol–water partition coefficient (Wildman–Crippen LogP) is 0.775. The van der Waals surface area contributed by atoms with Gasteiger partial charge < -0.3 is 10.1 Å². The summed E-state index contributed by atoms with van der Waals surface area (Å²) in [7, 11) is 1.78. The molecule has 0 aromatic heterocycles. The average Bonchev–Trinajstić information content (AvgIpc) is 2.45. The molecule has 0 saturated heterocycles. The van der Waals surface area contributed by atoms with Crippen LogP contribution in [0.15, 0.2) is 0 Å². The third-order valence-electron chi connectivity index (χ3n) is 2.79. The minimum Gasteiger partial charge on any atom is -0.384 e. The molecule has 0 aromatic rings. The molecular weight excluding hydrogens is 150 g/mol. The zero-order valence-corrected chi connectivity index (χ0v) is 8.38. The zero-order chi connectivity index (χ0) is 8.81. The molecule has 2 nitrogen and oxygen atoms in total. The number of hydrogen-bond acceptors (Lipinski definition) is 1. The lowest BCUT2D eigenvalue weighted by Gasteiger charge is -2.08. The maximum Gasteiger partial charge on any atom is 0.0861 e. The van der Waals surface area contributed by atoms with Gasteiger partial charge in [0.1, 0.15) is 0 Å². The number of quaternary nitrogens is 1. The molecule has 2 N–H and O–H groups in total. The Morgan fingerprint density at radius 2 is 2.25 bits per heavy atom. The highest BCUT2D eigenvalue weighted by Crippen LogP contribution is 2.21. The summed E-state index contributed by atoms with van der Waals surface area (Å²) in [6, 6.07) is 0.914. The van der Waals surface area contributed by atoms with Gasteiger partial charge in [-0.3, -0.25) is 0 Å². The molecule has 0 bridgehead atoms. The Kier molecular flexibility index (Phi) is 4.62. The SMILES string of the molecule is COCCC[NH2+][C@@H]1CC[C@H](C)C1. The van der Waals surface area contributed by atoms with E-state index in [2.05, 4.69) is 12.2 Å². The van der Waals surface area contributed by atoms with Gasteiger partial charge in [0.05, 0.1) is 19.2 Å². The zero-order valence-electron chi connectivity index (χ0n) is 8.38. The van der Waals surface area contributed by atoms with Gasteiger partial charge >= 0.3 is 0 Å². The van der Waals surface area contributed by atoms with E-state index in [1.54, 1.807) is 7.11 Å². The summed E-state index contributed by atoms with van der Waals surface area (Å²) in [5, 5.41) is 2.50. The van der Waals surface area contributed by atoms with Crippen LogP contribution in [0, 0.1) is 5.92 Å². The minimum absolute atomic E-state index is 0.914. The van der Waals surface area contributed by atoms with Crippen molar-refractivity contribution in [1.82, 2.24) is 0 Å². The van der Waals surface area contributed by atoms with E-state index in [0.717, 1.165) is 18.6 Å². The molecule has 1 aliphatic carbocycles. The lowest BCUT2D eigenvalue weighted by atomic mass is 10.1. The Hall–Kier alpha value is -0.0800. The molecule has 0 amide bonds. The van der Waals surface area contributed by atoms with Crippen LogP contribution in [-0.2, 0) is 4.74 Å². The van der Waals surface area contributed by atoms with E-state index in [4.69, 9.17) is 4.74 Å². The number of nitrogens with two attached hydrogens (primary N) is 1. The lowest BCUT2D eigenvalue weighted by molar-refractivity contribution is -0.688. The highest BCUT2D eigenvalue weighted by molar-refractivity contribution is 4.70. The second kappa shape index (κ2) is 5.55. The minimum atomic E-state index is 0.914. The summed E-state index contributed by atoms with van der Waals surface area (Å²) in [5.74, 6) is 0.966. The topological polar surface area (TPSA) is 25.8 Å². The molecule has 2 heteroatoms. The smallest absolute Gasteiger partial charge is 0.0861 e. The molecule has 1 fully saturated rings. The van der Waals surface area contributed by atoms with Crippen LogP contribution in [0.5, 0.6) is 0 Å². The number of methoxy groups -OCH3 is 1. The first-order valence-corrected chi connectivity index (χ1v) is 5.15. The molecular formula is C10H22NO+. The number of ether oxygens (including phenoxy) is 1. The van der Waals surface area contributed by atoms with Gasteiger partial charge in [-0.15, -0.1) is 0 Å². The van der Waals surface area contributed by atoms with Crippen LogP contribution in [0.3, 0.4) is 0 Å². The van der Waals surface area contributed by atoms with Crippen molar-refractivity contribution >= 4 is 0 Å². The third kappa shape index (κ3) is 3.55. The van der Waals surface area contributed by atoms with Crippen molar-refractivity contribution in [3.8, 4) is 0 Å². The maximum atomic E-state index is 5.01. The van der Waals surface area contributed by atoms with Crippen LogP contribution in [0.4, 0.5) is 0 Å². The van der Waals surface area contributed by atoms with Gasteiger partial charge in [0.2, 0.25) is 0 Å². The van der Waals surface area contributed by atoms with Gasteiger partial charge in [-0.2, -0.15) is 0 Å². The highest BCUT2D eigenvalue weighted by Gasteiger charge is 2.23. The molecule has 0 spiro atoms. The van der Waals surface area contributed by atoms with Crippen molar-refractivity contribution in [3.63, 3.8) is 0 Å². The molecule has 1 saturated carbocycles. The van der Waals surface area contributed by atoms with Crippen LogP contribution >= 0.6 is 0 Å². The largest absolute Gasteiger partial charge is 0.384 e. The van der Waals surface area contributed by atoms with Crippen molar-refractivity contribution in [2.75, 3.05) is 20.3 Å². The first-order valence-electron chi connectivity index (χ1n) is 5.15. The van der Waals surface area contributed by atoms with E-state index in [0.29, 0.717) is 0 Å². The molecule has 0 aliphatic heterocycles. The molecule has 0 heterocycles. The molecule has 0 radical (unpaired) electrons. The second-order valence-corrected chi connectivity index (χ2v) is 4.05. The molecule has 1 aliphatic rings. The van der Waals surface area contributed by atoms with Gasteiger partial charge in [-0.25, -0.2) is 0 Å². The van der Waals surface area contributed by atoms with Crippen molar-refractivity contribution in [1.29, 1.82) is 0 Å². The molecule has 0 aromatic carbocycles. The van der Waals surface area contributed by atoms with E-state index in [9.17, 15) is 0 Å². The summed E-state index contributed by atoms with van der Waals surface area (Å²) < 4.78 is 5.01. The Morgan fingerprint density at radius 1 is 1.42 bits per heavy atom. The fourth-order valence-corrected chi connectivity index (χ4v) is 2.05. The van der Waals surface area contributed by atoms with Crippen molar-refractivity contribution < 1.29 is 10.1 Å². The molecule has 12 heavy (non-hydrogen) atoms. The molecule has 0 unspecified atom stereocenters. The molecule has 2 atom stereocenters. The van der Waals surface area contributed by atoms with E-state index in [-0.39, 0.29) is 0 Å². The highest BCUT2D eigenvalue weighted by atomic mass is 16.5. The Balaban J connectivity index is 1.93. The maximum absolute atomic E-state index is 5.01. The van der Waals surface area contributed by atoms with Crippen molar-refractivity contribution in [2.45, 2.75) is 38.6 Å². The number of hydrogen-bond donors (Lipinski definition) is 1. The summed E-state index contributed by atoms with van der Waals surface area (Å²) in [6.07, 6.45) is 5.48. The van der Waals surface area contributed by atoms with Gasteiger partial charge in [0, 0.05) is 20.0 Å². The summed E-state index contributed by atoms with van der Waals surface area (Å²) in [5.41, 5.74) is 0. The first-order chi connectivity index (χ1) is 5.83. The van der Waals surface area contributed by atoms with Gasteiger partial charge in [0.25, 0.3) is 0 Å². The van der Waals surface area contributed by atoms with Crippen LogP contribution in [-0.4, -0.2) is 26.3 Å². The van der Waals surface area contributed by atoms with Crippen LogP contribution in [0.1, 0.15) is 32.6 Å². The van der Waals surface area contributed by atoms with Crippen LogP contribution in [0.2, 0.25) is 0 Å². The van der Waals surface area contributed by atoms with Gasteiger partial charge in [0.15, 0.2) is 0 Å². The second-order valence-electron chi connectivity index (χ2n) is 4.05.